The first-order chi connectivity index (χ1) is 10.2. The lowest BCUT2D eigenvalue weighted by Crippen LogP contribution is -2.16. The van der Waals surface area contributed by atoms with Crippen LogP contribution in [0.4, 0.5) is 11.5 Å². The van der Waals surface area contributed by atoms with Gasteiger partial charge in [0.25, 0.3) is 5.91 Å². The van der Waals surface area contributed by atoms with E-state index in [-0.39, 0.29) is 11.6 Å². The van der Waals surface area contributed by atoms with Crippen LogP contribution in [0.5, 0.6) is 0 Å². The molecule has 0 bridgehead atoms. The summed E-state index contributed by atoms with van der Waals surface area (Å²) in [4.78, 5) is 20.0. The molecule has 0 aliphatic rings. The summed E-state index contributed by atoms with van der Waals surface area (Å²) >= 11 is 0. The van der Waals surface area contributed by atoms with Crippen molar-refractivity contribution >= 4 is 17.4 Å². The van der Waals surface area contributed by atoms with Crippen LogP contribution in [0, 0.1) is 0 Å². The average Bonchev–Trinajstić information content (AvgIpc) is 2.54. The number of hydrazine groups is 1. The number of rotatable bonds is 6. The van der Waals surface area contributed by atoms with Crippen molar-refractivity contribution in [1.82, 2.24) is 9.97 Å². The molecule has 2 rings (SSSR count). The Morgan fingerprint density at radius 3 is 2.67 bits per heavy atom. The maximum absolute atomic E-state index is 12.1. The zero-order valence-corrected chi connectivity index (χ0v) is 12.0. The predicted molar refractivity (Wildman–Crippen MR) is 82.8 cm³/mol. The Labute approximate surface area is 123 Å². The number of nitrogen functional groups attached to an aromatic ring is 1. The van der Waals surface area contributed by atoms with E-state index < -0.39 is 0 Å². The number of benzene rings is 1. The number of aromatic nitrogens is 2. The van der Waals surface area contributed by atoms with Crippen LogP contribution in [-0.2, 0) is 6.42 Å². The average molecular weight is 285 g/mol. The van der Waals surface area contributed by atoms with Crippen molar-refractivity contribution in [2.75, 3.05) is 10.7 Å². The standard InChI is InChI=1S/C15H19N5O/c1-2-3-4-11-5-7-12(8-6-11)18-15(21)13-9-17-10-14(19-13)20-16/h5-10H,2-4,16H2,1H3,(H,18,21)(H,19,20). The van der Waals surface area contributed by atoms with Crippen molar-refractivity contribution in [2.24, 2.45) is 5.84 Å². The lowest BCUT2D eigenvalue weighted by Gasteiger charge is -2.07. The van der Waals surface area contributed by atoms with Gasteiger partial charge in [-0.05, 0) is 30.5 Å². The van der Waals surface area contributed by atoms with Crippen LogP contribution in [0.15, 0.2) is 36.7 Å². The molecule has 1 heterocycles. The second-order valence-corrected chi connectivity index (χ2v) is 4.69. The van der Waals surface area contributed by atoms with Gasteiger partial charge in [0.15, 0.2) is 5.82 Å². The highest BCUT2D eigenvalue weighted by atomic mass is 16.1. The van der Waals surface area contributed by atoms with E-state index >= 15 is 0 Å². The number of nitrogens with one attached hydrogen (secondary N) is 2. The first-order valence-electron chi connectivity index (χ1n) is 6.92. The third-order valence-electron chi connectivity index (χ3n) is 3.05. The van der Waals surface area contributed by atoms with Gasteiger partial charge < -0.3 is 10.7 Å². The summed E-state index contributed by atoms with van der Waals surface area (Å²) in [5.74, 6) is 5.27. The van der Waals surface area contributed by atoms with E-state index in [4.69, 9.17) is 5.84 Å². The van der Waals surface area contributed by atoms with Crippen LogP contribution < -0.4 is 16.6 Å². The fraction of sp³-hybridized carbons (Fsp3) is 0.267. The summed E-state index contributed by atoms with van der Waals surface area (Å²) in [6.07, 6.45) is 6.23. The largest absolute Gasteiger partial charge is 0.321 e. The minimum Gasteiger partial charge on any atom is -0.321 e. The maximum atomic E-state index is 12.1. The fourth-order valence-corrected chi connectivity index (χ4v) is 1.88. The van der Waals surface area contributed by atoms with E-state index in [0.717, 1.165) is 12.1 Å². The number of unbranched alkanes of at least 4 members (excludes halogenated alkanes) is 1. The fourth-order valence-electron chi connectivity index (χ4n) is 1.88. The first-order valence-corrected chi connectivity index (χ1v) is 6.92. The van der Waals surface area contributed by atoms with Gasteiger partial charge in [-0.2, -0.15) is 0 Å². The molecule has 6 heteroatoms. The van der Waals surface area contributed by atoms with Gasteiger partial charge in [0, 0.05) is 5.69 Å². The van der Waals surface area contributed by atoms with Crippen molar-refractivity contribution in [3.8, 4) is 0 Å². The van der Waals surface area contributed by atoms with Gasteiger partial charge in [0.2, 0.25) is 0 Å². The summed E-state index contributed by atoms with van der Waals surface area (Å²) in [6, 6.07) is 7.83. The summed E-state index contributed by atoms with van der Waals surface area (Å²) in [6.45, 7) is 2.17. The molecule has 0 atom stereocenters. The number of aryl methyl sites for hydroxylation is 1. The zero-order chi connectivity index (χ0) is 15.1. The molecule has 0 spiro atoms. The predicted octanol–water partition coefficient (Wildman–Crippen LogP) is 2.36. The number of carbonyl (C=O) groups is 1. The molecule has 0 aliphatic heterocycles. The Morgan fingerprint density at radius 2 is 2.00 bits per heavy atom. The third-order valence-corrected chi connectivity index (χ3v) is 3.05. The van der Waals surface area contributed by atoms with Gasteiger partial charge >= 0.3 is 0 Å². The van der Waals surface area contributed by atoms with Crippen molar-refractivity contribution in [1.29, 1.82) is 0 Å². The Kier molecular flexibility index (Phi) is 5.22. The van der Waals surface area contributed by atoms with E-state index in [2.05, 4.69) is 27.6 Å². The molecule has 0 unspecified atom stereocenters. The Balaban J connectivity index is 2.01. The number of nitrogens with zero attached hydrogens (tertiary/aromatic N) is 2. The van der Waals surface area contributed by atoms with Crippen molar-refractivity contribution in [3.63, 3.8) is 0 Å². The van der Waals surface area contributed by atoms with E-state index in [1.54, 1.807) is 0 Å². The molecular formula is C15H19N5O. The monoisotopic (exact) mass is 285 g/mol. The first kappa shape index (κ1) is 14.9. The van der Waals surface area contributed by atoms with Gasteiger partial charge in [-0.1, -0.05) is 25.5 Å². The van der Waals surface area contributed by atoms with Crippen molar-refractivity contribution in [3.05, 3.63) is 47.9 Å². The van der Waals surface area contributed by atoms with E-state index in [0.29, 0.717) is 5.82 Å². The summed E-state index contributed by atoms with van der Waals surface area (Å²) in [5.41, 5.74) is 4.57. The summed E-state index contributed by atoms with van der Waals surface area (Å²) in [7, 11) is 0. The van der Waals surface area contributed by atoms with Gasteiger partial charge in [0.1, 0.15) is 5.69 Å². The molecule has 1 aromatic carbocycles. The van der Waals surface area contributed by atoms with Gasteiger partial charge in [-0.3, -0.25) is 9.78 Å². The summed E-state index contributed by atoms with van der Waals surface area (Å²) in [5, 5.41) is 2.78. The normalized spacial score (nSPS) is 10.2. The molecular weight excluding hydrogens is 266 g/mol. The number of anilines is 2. The maximum Gasteiger partial charge on any atom is 0.275 e. The third kappa shape index (κ3) is 4.25. The highest BCUT2D eigenvalue weighted by molar-refractivity contribution is 6.02. The van der Waals surface area contributed by atoms with Crippen LogP contribution in [0.2, 0.25) is 0 Å². The molecule has 0 saturated heterocycles. The molecule has 21 heavy (non-hydrogen) atoms. The molecule has 1 amide bonds. The molecule has 0 radical (unpaired) electrons. The number of hydrogen-bond acceptors (Lipinski definition) is 5. The lowest BCUT2D eigenvalue weighted by atomic mass is 10.1. The minimum absolute atomic E-state index is 0.209. The summed E-state index contributed by atoms with van der Waals surface area (Å²) < 4.78 is 0. The van der Waals surface area contributed by atoms with E-state index in [1.165, 1.54) is 30.8 Å². The second-order valence-electron chi connectivity index (χ2n) is 4.69. The van der Waals surface area contributed by atoms with Gasteiger partial charge in [0.05, 0.1) is 12.4 Å². The van der Waals surface area contributed by atoms with Gasteiger partial charge in [-0.25, -0.2) is 10.8 Å². The smallest absolute Gasteiger partial charge is 0.275 e. The quantitative estimate of drug-likeness (QED) is 0.559. The number of hydrogen-bond donors (Lipinski definition) is 3. The lowest BCUT2D eigenvalue weighted by molar-refractivity contribution is 0.102. The van der Waals surface area contributed by atoms with Crippen LogP contribution >= 0.6 is 0 Å². The Hall–Kier alpha value is -2.47. The SMILES string of the molecule is CCCCc1ccc(NC(=O)c2cncc(NN)n2)cc1. The molecule has 110 valence electrons. The Bertz CT molecular complexity index is 597. The topological polar surface area (TPSA) is 92.9 Å². The zero-order valence-electron chi connectivity index (χ0n) is 12.0. The van der Waals surface area contributed by atoms with E-state index in [9.17, 15) is 4.79 Å². The van der Waals surface area contributed by atoms with Crippen LogP contribution in [-0.4, -0.2) is 15.9 Å². The Morgan fingerprint density at radius 1 is 1.24 bits per heavy atom. The highest BCUT2D eigenvalue weighted by Crippen LogP contribution is 2.13. The molecule has 6 nitrogen and oxygen atoms in total. The second kappa shape index (κ2) is 7.35. The molecule has 2 aromatic rings. The van der Waals surface area contributed by atoms with Crippen LogP contribution in [0.3, 0.4) is 0 Å². The van der Waals surface area contributed by atoms with Crippen molar-refractivity contribution < 1.29 is 4.79 Å². The van der Waals surface area contributed by atoms with Crippen LogP contribution in [0.25, 0.3) is 0 Å². The molecule has 4 N–H and O–H groups in total. The van der Waals surface area contributed by atoms with E-state index in [1.807, 2.05) is 24.3 Å². The molecule has 0 aliphatic carbocycles. The molecule has 0 saturated carbocycles. The highest BCUT2D eigenvalue weighted by Gasteiger charge is 2.09. The molecule has 0 fully saturated rings. The molecule has 1 aromatic heterocycles. The number of carbonyl (C=O) groups excluding carboxylic acids is 1. The van der Waals surface area contributed by atoms with Crippen LogP contribution in [0.1, 0.15) is 35.8 Å². The minimum atomic E-state index is -0.319. The number of nitrogens with two attached hydrogens (primary N) is 1. The number of amides is 1. The van der Waals surface area contributed by atoms with Gasteiger partial charge in [-0.15, -0.1) is 0 Å². The van der Waals surface area contributed by atoms with Crippen molar-refractivity contribution in [2.45, 2.75) is 26.2 Å².